The minimum absolute atomic E-state index is 0.150. The van der Waals surface area contributed by atoms with E-state index in [4.69, 9.17) is 0 Å². The van der Waals surface area contributed by atoms with Crippen molar-refractivity contribution in [2.75, 3.05) is 11.4 Å². The van der Waals surface area contributed by atoms with Crippen molar-refractivity contribution in [3.05, 3.63) is 28.5 Å². The summed E-state index contributed by atoms with van der Waals surface area (Å²) in [6.07, 6.45) is 0.720. The lowest BCUT2D eigenvalue weighted by Gasteiger charge is -2.31. The largest absolute Gasteiger partial charge is 0.342 e. The van der Waals surface area contributed by atoms with Gasteiger partial charge < -0.3 is 10.2 Å². The van der Waals surface area contributed by atoms with Gasteiger partial charge in [0.05, 0.1) is 5.69 Å². The first-order valence-electron chi connectivity index (χ1n) is 6.45. The minimum atomic E-state index is -0.929. The van der Waals surface area contributed by atoms with E-state index in [9.17, 15) is 14.0 Å². The van der Waals surface area contributed by atoms with Crippen LogP contribution in [0.4, 0.5) is 10.1 Å². The summed E-state index contributed by atoms with van der Waals surface area (Å²) in [6.45, 7) is 3.84. The molecule has 1 fully saturated rings. The lowest BCUT2D eigenvalue weighted by atomic mass is 9.97. The number of amides is 2. The van der Waals surface area contributed by atoms with E-state index >= 15 is 0 Å². The molecule has 2 amide bonds. The molecule has 1 aliphatic rings. The van der Waals surface area contributed by atoms with E-state index in [0.717, 1.165) is 0 Å². The Labute approximate surface area is 125 Å². The molecule has 1 unspecified atom stereocenters. The maximum Gasteiger partial charge on any atom is 0.252 e. The standard InChI is InChI=1S/C14H16BrFN2O2/c1-3-14(2)13(20)18(7-6-12(19)17-14)11-5-4-9(16)8-10(11)15/h4-5,8H,3,6-7H2,1-2H3,(H,17,19). The van der Waals surface area contributed by atoms with Gasteiger partial charge in [-0.25, -0.2) is 4.39 Å². The highest BCUT2D eigenvalue weighted by Crippen LogP contribution is 2.30. The van der Waals surface area contributed by atoms with Crippen LogP contribution in [0.1, 0.15) is 26.7 Å². The zero-order chi connectivity index (χ0) is 14.9. The van der Waals surface area contributed by atoms with Crippen molar-refractivity contribution in [1.82, 2.24) is 5.32 Å². The number of carbonyl (C=O) groups excluding carboxylic acids is 2. The molecule has 0 aromatic heterocycles. The van der Waals surface area contributed by atoms with Crippen molar-refractivity contribution in [2.45, 2.75) is 32.2 Å². The average molecular weight is 343 g/mol. The molecule has 1 saturated heterocycles. The Kier molecular flexibility index (Phi) is 4.13. The van der Waals surface area contributed by atoms with Crippen LogP contribution in [0, 0.1) is 5.82 Å². The van der Waals surface area contributed by atoms with Gasteiger partial charge in [-0.1, -0.05) is 6.92 Å². The second kappa shape index (κ2) is 5.52. The number of hydrogen-bond donors (Lipinski definition) is 1. The van der Waals surface area contributed by atoms with Crippen LogP contribution in [0.3, 0.4) is 0 Å². The maximum absolute atomic E-state index is 13.2. The minimum Gasteiger partial charge on any atom is -0.342 e. The highest BCUT2D eigenvalue weighted by Gasteiger charge is 2.40. The fraction of sp³-hybridized carbons (Fsp3) is 0.429. The van der Waals surface area contributed by atoms with Crippen LogP contribution in [-0.2, 0) is 9.59 Å². The molecule has 2 rings (SSSR count). The highest BCUT2D eigenvalue weighted by molar-refractivity contribution is 9.10. The molecule has 1 N–H and O–H groups in total. The third-order valence-corrected chi connectivity index (χ3v) is 4.24. The van der Waals surface area contributed by atoms with Crippen molar-refractivity contribution in [1.29, 1.82) is 0 Å². The van der Waals surface area contributed by atoms with Gasteiger partial charge in [-0.3, -0.25) is 9.59 Å². The first kappa shape index (κ1) is 15.0. The number of nitrogens with one attached hydrogen (secondary N) is 1. The first-order valence-corrected chi connectivity index (χ1v) is 7.24. The maximum atomic E-state index is 13.2. The van der Waals surface area contributed by atoms with Crippen molar-refractivity contribution >= 4 is 33.4 Å². The van der Waals surface area contributed by atoms with Crippen LogP contribution in [-0.4, -0.2) is 23.9 Å². The van der Waals surface area contributed by atoms with E-state index in [1.54, 1.807) is 13.0 Å². The van der Waals surface area contributed by atoms with Gasteiger partial charge in [0.2, 0.25) is 5.91 Å². The van der Waals surface area contributed by atoms with Crippen LogP contribution in [0.15, 0.2) is 22.7 Å². The fourth-order valence-electron chi connectivity index (χ4n) is 2.21. The summed E-state index contributed by atoms with van der Waals surface area (Å²) < 4.78 is 13.7. The second-order valence-electron chi connectivity index (χ2n) is 5.04. The molecule has 0 spiro atoms. The molecule has 4 nitrogen and oxygen atoms in total. The summed E-state index contributed by atoms with van der Waals surface area (Å²) in [6, 6.07) is 4.16. The van der Waals surface area contributed by atoms with Crippen LogP contribution in [0.25, 0.3) is 0 Å². The number of hydrogen-bond acceptors (Lipinski definition) is 2. The van der Waals surface area contributed by atoms with Gasteiger partial charge in [0, 0.05) is 17.4 Å². The molecule has 1 atom stereocenters. The number of nitrogens with zero attached hydrogens (tertiary/aromatic N) is 1. The molecule has 1 aliphatic heterocycles. The summed E-state index contributed by atoms with van der Waals surface area (Å²) >= 11 is 3.27. The zero-order valence-electron chi connectivity index (χ0n) is 11.4. The molecule has 1 heterocycles. The Morgan fingerprint density at radius 2 is 2.15 bits per heavy atom. The zero-order valence-corrected chi connectivity index (χ0v) is 13.0. The summed E-state index contributed by atoms with van der Waals surface area (Å²) in [5.74, 6) is -0.711. The van der Waals surface area contributed by atoms with E-state index in [-0.39, 0.29) is 30.6 Å². The SMILES string of the molecule is CCC1(C)NC(=O)CCN(c2ccc(F)cc2Br)C1=O. The predicted octanol–water partition coefficient (Wildman–Crippen LogP) is 2.61. The summed E-state index contributed by atoms with van der Waals surface area (Å²) in [5.41, 5.74) is -0.353. The summed E-state index contributed by atoms with van der Waals surface area (Å²) in [4.78, 5) is 26.0. The molecule has 108 valence electrons. The molecule has 0 bridgehead atoms. The smallest absolute Gasteiger partial charge is 0.252 e. The fourth-order valence-corrected chi connectivity index (χ4v) is 2.77. The van der Waals surface area contributed by atoms with Crippen LogP contribution in [0.2, 0.25) is 0 Å². The number of carbonyl (C=O) groups is 2. The predicted molar refractivity (Wildman–Crippen MR) is 77.9 cm³/mol. The van der Waals surface area contributed by atoms with Crippen LogP contribution in [0.5, 0.6) is 0 Å². The molecule has 0 saturated carbocycles. The Balaban J connectivity index is 2.44. The molecule has 1 aromatic rings. The average Bonchev–Trinajstić information content (AvgIpc) is 2.50. The van der Waals surface area contributed by atoms with Crippen LogP contribution < -0.4 is 10.2 Å². The van der Waals surface area contributed by atoms with E-state index in [1.807, 2.05) is 6.92 Å². The van der Waals surface area contributed by atoms with Gasteiger partial charge in [-0.15, -0.1) is 0 Å². The summed E-state index contributed by atoms with van der Waals surface area (Å²) in [7, 11) is 0. The van der Waals surface area contributed by atoms with Gasteiger partial charge >= 0.3 is 0 Å². The van der Waals surface area contributed by atoms with Crippen molar-refractivity contribution in [2.24, 2.45) is 0 Å². The van der Waals surface area contributed by atoms with Gasteiger partial charge in [-0.2, -0.15) is 0 Å². The Hall–Kier alpha value is -1.43. The van der Waals surface area contributed by atoms with Gasteiger partial charge in [0.25, 0.3) is 5.91 Å². The molecular weight excluding hydrogens is 327 g/mol. The Bertz CT molecular complexity index is 564. The van der Waals surface area contributed by atoms with Crippen molar-refractivity contribution in [3.8, 4) is 0 Å². The quantitative estimate of drug-likeness (QED) is 0.898. The molecule has 1 aromatic carbocycles. The van der Waals surface area contributed by atoms with Gasteiger partial charge in [-0.05, 0) is 47.5 Å². The monoisotopic (exact) mass is 342 g/mol. The van der Waals surface area contributed by atoms with E-state index < -0.39 is 5.54 Å². The van der Waals surface area contributed by atoms with E-state index in [1.165, 1.54) is 17.0 Å². The molecule has 6 heteroatoms. The van der Waals surface area contributed by atoms with Crippen molar-refractivity contribution < 1.29 is 14.0 Å². The van der Waals surface area contributed by atoms with E-state index in [2.05, 4.69) is 21.2 Å². The van der Waals surface area contributed by atoms with Crippen molar-refractivity contribution in [3.63, 3.8) is 0 Å². The number of halogens is 2. The third kappa shape index (κ3) is 2.70. The number of rotatable bonds is 2. The van der Waals surface area contributed by atoms with Gasteiger partial charge in [0.15, 0.2) is 0 Å². The van der Waals surface area contributed by atoms with Gasteiger partial charge in [0.1, 0.15) is 11.4 Å². The Morgan fingerprint density at radius 3 is 2.75 bits per heavy atom. The topological polar surface area (TPSA) is 49.4 Å². The molecule has 0 aliphatic carbocycles. The number of benzene rings is 1. The molecule has 20 heavy (non-hydrogen) atoms. The van der Waals surface area contributed by atoms with Crippen LogP contribution >= 0.6 is 15.9 Å². The number of anilines is 1. The lowest BCUT2D eigenvalue weighted by Crippen LogP contribution is -2.54. The lowest BCUT2D eigenvalue weighted by molar-refractivity contribution is -0.129. The Morgan fingerprint density at radius 1 is 1.45 bits per heavy atom. The molecular formula is C14H16BrFN2O2. The third-order valence-electron chi connectivity index (χ3n) is 3.60. The summed E-state index contributed by atoms with van der Waals surface area (Å²) in [5, 5.41) is 2.77. The molecule has 0 radical (unpaired) electrons. The van der Waals surface area contributed by atoms with E-state index in [0.29, 0.717) is 16.6 Å². The first-order chi connectivity index (χ1) is 9.37. The normalized spacial score (nSPS) is 23.5. The second-order valence-corrected chi connectivity index (χ2v) is 5.89. The highest BCUT2D eigenvalue weighted by atomic mass is 79.9.